The van der Waals surface area contributed by atoms with Gasteiger partial charge in [0.1, 0.15) is 0 Å². The van der Waals surface area contributed by atoms with Crippen LogP contribution < -0.4 is 10.6 Å². The number of nitrogens with one attached hydrogen (secondary N) is 2. The van der Waals surface area contributed by atoms with Crippen molar-refractivity contribution in [2.75, 3.05) is 11.9 Å². The maximum absolute atomic E-state index is 12.1. The van der Waals surface area contributed by atoms with Gasteiger partial charge in [-0.25, -0.2) is 0 Å². The fourth-order valence-corrected chi connectivity index (χ4v) is 3.20. The third kappa shape index (κ3) is 7.32. The van der Waals surface area contributed by atoms with Gasteiger partial charge in [0.15, 0.2) is 0 Å². The van der Waals surface area contributed by atoms with Crippen LogP contribution >= 0.6 is 27.7 Å². The highest BCUT2D eigenvalue weighted by Gasteiger charge is 2.13. The van der Waals surface area contributed by atoms with Crippen LogP contribution in [0, 0.1) is 0 Å². The van der Waals surface area contributed by atoms with Crippen molar-refractivity contribution in [2.24, 2.45) is 0 Å². The number of carbonyl (C=O) groups is 2. The highest BCUT2D eigenvalue weighted by Crippen LogP contribution is 2.17. The molecule has 0 aliphatic carbocycles. The molecule has 0 aromatic heterocycles. The van der Waals surface area contributed by atoms with E-state index in [1.165, 1.54) is 5.56 Å². The summed E-state index contributed by atoms with van der Waals surface area (Å²) < 4.78 is 0.958. The number of carbonyl (C=O) groups excluding carboxylic acids is 2. The lowest BCUT2D eigenvalue weighted by atomic mass is 10.2. The summed E-state index contributed by atoms with van der Waals surface area (Å²) in [7, 11) is 0. The number of thioether (sulfide) groups is 1. The Morgan fingerprint density at radius 2 is 1.76 bits per heavy atom. The van der Waals surface area contributed by atoms with Crippen LogP contribution in [0.5, 0.6) is 0 Å². The van der Waals surface area contributed by atoms with E-state index in [1.807, 2.05) is 61.5 Å². The zero-order valence-electron chi connectivity index (χ0n) is 14.0. The van der Waals surface area contributed by atoms with Crippen LogP contribution in [0.25, 0.3) is 0 Å². The molecule has 0 saturated carbocycles. The van der Waals surface area contributed by atoms with E-state index in [0.29, 0.717) is 6.54 Å². The molecule has 1 atom stereocenters. The molecule has 0 heterocycles. The SMILES string of the molecule is CC(SCc1ccccc1)C(=O)NCCC(=O)Nc1ccc(Br)cc1. The molecule has 6 heteroatoms. The average molecular weight is 421 g/mol. The third-order valence-corrected chi connectivity index (χ3v) is 5.23. The van der Waals surface area contributed by atoms with Gasteiger partial charge < -0.3 is 10.6 Å². The molecule has 2 N–H and O–H groups in total. The lowest BCUT2D eigenvalue weighted by Crippen LogP contribution is -2.33. The van der Waals surface area contributed by atoms with Crippen molar-refractivity contribution in [3.8, 4) is 0 Å². The van der Waals surface area contributed by atoms with Gasteiger partial charge in [0.25, 0.3) is 0 Å². The Labute approximate surface area is 160 Å². The van der Waals surface area contributed by atoms with Gasteiger partial charge in [0.05, 0.1) is 5.25 Å². The van der Waals surface area contributed by atoms with Crippen molar-refractivity contribution in [3.63, 3.8) is 0 Å². The van der Waals surface area contributed by atoms with Gasteiger partial charge in [-0.15, -0.1) is 11.8 Å². The summed E-state index contributed by atoms with van der Waals surface area (Å²) in [6, 6.07) is 17.4. The fourth-order valence-electron chi connectivity index (χ4n) is 2.07. The molecular weight excluding hydrogens is 400 g/mol. The zero-order valence-corrected chi connectivity index (χ0v) is 16.4. The van der Waals surface area contributed by atoms with E-state index in [9.17, 15) is 9.59 Å². The van der Waals surface area contributed by atoms with Crippen LogP contribution in [-0.4, -0.2) is 23.6 Å². The van der Waals surface area contributed by atoms with Crippen LogP contribution in [0.1, 0.15) is 18.9 Å². The zero-order chi connectivity index (χ0) is 18.1. The Balaban J connectivity index is 1.65. The molecule has 2 aromatic carbocycles. The molecule has 0 fully saturated rings. The Bertz CT molecular complexity index is 692. The second-order valence-electron chi connectivity index (χ2n) is 5.53. The highest BCUT2D eigenvalue weighted by atomic mass is 79.9. The van der Waals surface area contributed by atoms with E-state index >= 15 is 0 Å². The maximum Gasteiger partial charge on any atom is 0.232 e. The lowest BCUT2D eigenvalue weighted by Gasteiger charge is -2.12. The van der Waals surface area contributed by atoms with Crippen LogP contribution in [0.4, 0.5) is 5.69 Å². The summed E-state index contributed by atoms with van der Waals surface area (Å²) in [5.41, 5.74) is 1.94. The van der Waals surface area contributed by atoms with Crippen molar-refractivity contribution in [1.82, 2.24) is 5.32 Å². The smallest absolute Gasteiger partial charge is 0.232 e. The van der Waals surface area contributed by atoms with Crippen LogP contribution in [-0.2, 0) is 15.3 Å². The number of hydrogen-bond donors (Lipinski definition) is 2. The van der Waals surface area contributed by atoms with E-state index in [2.05, 4.69) is 26.6 Å². The van der Waals surface area contributed by atoms with E-state index in [4.69, 9.17) is 0 Å². The van der Waals surface area contributed by atoms with Crippen molar-refractivity contribution >= 4 is 45.2 Å². The Morgan fingerprint density at radius 3 is 2.44 bits per heavy atom. The van der Waals surface area contributed by atoms with Gasteiger partial charge >= 0.3 is 0 Å². The molecule has 0 bridgehead atoms. The number of rotatable bonds is 8. The summed E-state index contributed by atoms with van der Waals surface area (Å²) in [4.78, 5) is 24.0. The van der Waals surface area contributed by atoms with Crippen molar-refractivity contribution in [3.05, 3.63) is 64.6 Å². The van der Waals surface area contributed by atoms with Crippen LogP contribution in [0.15, 0.2) is 59.1 Å². The minimum atomic E-state index is -0.158. The monoisotopic (exact) mass is 420 g/mol. The summed E-state index contributed by atoms with van der Waals surface area (Å²) in [6.07, 6.45) is 0.248. The van der Waals surface area contributed by atoms with Gasteiger partial charge in [0.2, 0.25) is 11.8 Å². The number of amides is 2. The van der Waals surface area contributed by atoms with Crippen LogP contribution in [0.3, 0.4) is 0 Å². The topological polar surface area (TPSA) is 58.2 Å². The third-order valence-electron chi connectivity index (χ3n) is 3.49. The van der Waals surface area contributed by atoms with Crippen molar-refractivity contribution in [2.45, 2.75) is 24.3 Å². The number of anilines is 1. The molecule has 25 heavy (non-hydrogen) atoms. The molecule has 2 rings (SSSR count). The first-order valence-corrected chi connectivity index (χ1v) is 9.87. The molecule has 132 valence electrons. The fraction of sp³-hybridized carbons (Fsp3) is 0.263. The lowest BCUT2D eigenvalue weighted by molar-refractivity contribution is -0.120. The second kappa shape index (κ2) is 10.3. The van der Waals surface area contributed by atoms with Gasteiger partial charge in [0, 0.05) is 28.9 Å². The molecule has 2 amide bonds. The molecule has 4 nitrogen and oxygen atoms in total. The second-order valence-corrected chi connectivity index (χ2v) is 7.78. The van der Waals surface area contributed by atoms with Gasteiger partial charge in [-0.1, -0.05) is 46.3 Å². The number of benzene rings is 2. The predicted molar refractivity (Wildman–Crippen MR) is 108 cm³/mol. The highest BCUT2D eigenvalue weighted by molar-refractivity contribution is 9.10. The Kier molecular flexibility index (Phi) is 8.01. The Morgan fingerprint density at radius 1 is 1.08 bits per heavy atom. The normalized spacial score (nSPS) is 11.6. The molecule has 2 aromatic rings. The minimum Gasteiger partial charge on any atom is -0.355 e. The van der Waals surface area contributed by atoms with Gasteiger partial charge in [-0.3, -0.25) is 9.59 Å². The Hall–Kier alpha value is -1.79. The maximum atomic E-state index is 12.1. The van der Waals surface area contributed by atoms with E-state index in [0.717, 1.165) is 15.9 Å². The van der Waals surface area contributed by atoms with Gasteiger partial charge in [-0.2, -0.15) is 0 Å². The number of hydrogen-bond acceptors (Lipinski definition) is 3. The molecule has 0 aliphatic heterocycles. The summed E-state index contributed by atoms with van der Waals surface area (Å²) >= 11 is 4.93. The first-order chi connectivity index (χ1) is 12.0. The van der Waals surface area contributed by atoms with E-state index < -0.39 is 0 Å². The number of halogens is 1. The van der Waals surface area contributed by atoms with Crippen molar-refractivity contribution in [1.29, 1.82) is 0 Å². The van der Waals surface area contributed by atoms with E-state index in [-0.39, 0.29) is 23.5 Å². The molecule has 0 radical (unpaired) electrons. The first kappa shape index (κ1) is 19.5. The molecule has 1 unspecified atom stereocenters. The summed E-state index contributed by atoms with van der Waals surface area (Å²) in [6.45, 7) is 2.21. The molecule has 0 saturated heterocycles. The van der Waals surface area contributed by atoms with E-state index in [1.54, 1.807) is 11.8 Å². The summed E-state index contributed by atoms with van der Waals surface area (Å²) in [5, 5.41) is 5.46. The van der Waals surface area contributed by atoms with Gasteiger partial charge in [-0.05, 0) is 36.8 Å². The minimum absolute atomic E-state index is 0.0441. The molecule has 0 aliphatic rings. The van der Waals surface area contributed by atoms with Crippen LogP contribution in [0.2, 0.25) is 0 Å². The van der Waals surface area contributed by atoms with Crippen molar-refractivity contribution < 1.29 is 9.59 Å². The average Bonchev–Trinajstić information content (AvgIpc) is 2.62. The predicted octanol–water partition coefficient (Wildman–Crippen LogP) is 4.22. The molecular formula is C19H21BrN2O2S. The molecule has 0 spiro atoms. The first-order valence-electron chi connectivity index (χ1n) is 8.03. The summed E-state index contributed by atoms with van der Waals surface area (Å²) in [5.74, 6) is 0.629. The quantitative estimate of drug-likeness (QED) is 0.671. The largest absolute Gasteiger partial charge is 0.355 e. The standard InChI is InChI=1S/C19H21BrN2O2S/c1-14(25-13-15-5-3-2-4-6-15)19(24)21-12-11-18(23)22-17-9-7-16(20)8-10-17/h2-10,14H,11-13H2,1H3,(H,21,24)(H,22,23).